The van der Waals surface area contributed by atoms with Crippen LogP contribution in [0.25, 0.3) is 0 Å². The molecule has 1 unspecified atom stereocenters. The van der Waals surface area contributed by atoms with Gasteiger partial charge in [-0.1, -0.05) is 6.92 Å². The van der Waals surface area contributed by atoms with Crippen LogP contribution in [-0.4, -0.2) is 36.6 Å². The molecule has 1 fully saturated rings. The van der Waals surface area contributed by atoms with Crippen molar-refractivity contribution in [3.8, 4) is 0 Å². The number of ether oxygens (including phenoxy) is 1. The van der Waals surface area contributed by atoms with Crippen molar-refractivity contribution in [2.45, 2.75) is 45.3 Å². The molecule has 0 aromatic carbocycles. The molecule has 2 rings (SSSR count). The van der Waals surface area contributed by atoms with E-state index in [9.17, 15) is 4.79 Å². The van der Waals surface area contributed by atoms with E-state index in [0.717, 1.165) is 45.4 Å². The second kappa shape index (κ2) is 9.07. The largest absolute Gasteiger partial charge is 0.467 e. The lowest BCUT2D eigenvalue weighted by Crippen LogP contribution is -2.32. The maximum Gasteiger partial charge on any atom is 0.257 e. The normalized spacial score (nSPS) is 19.0. The van der Waals surface area contributed by atoms with E-state index in [4.69, 9.17) is 14.9 Å². The van der Waals surface area contributed by atoms with Crippen LogP contribution < -0.4 is 5.73 Å². The maximum absolute atomic E-state index is 12.4. The maximum atomic E-state index is 12.4. The third-order valence-electron chi connectivity index (χ3n) is 3.62. The van der Waals surface area contributed by atoms with E-state index in [1.807, 2.05) is 4.90 Å². The van der Waals surface area contributed by atoms with Gasteiger partial charge in [0.05, 0.1) is 18.2 Å². The molecule has 0 spiro atoms. The third-order valence-corrected chi connectivity index (χ3v) is 3.62. The van der Waals surface area contributed by atoms with Crippen LogP contribution in [0.3, 0.4) is 0 Å². The van der Waals surface area contributed by atoms with Crippen molar-refractivity contribution in [1.29, 1.82) is 0 Å². The smallest absolute Gasteiger partial charge is 0.257 e. The molecule has 0 saturated carbocycles. The van der Waals surface area contributed by atoms with Crippen LogP contribution in [0.2, 0.25) is 0 Å². The van der Waals surface area contributed by atoms with Crippen molar-refractivity contribution < 1.29 is 13.9 Å². The minimum atomic E-state index is 0. The van der Waals surface area contributed by atoms with Crippen molar-refractivity contribution in [1.82, 2.24) is 4.90 Å². The number of amides is 1. The molecular formula is C15H25ClN2O3. The van der Waals surface area contributed by atoms with Gasteiger partial charge in [-0.2, -0.15) is 0 Å². The molecule has 120 valence electrons. The van der Waals surface area contributed by atoms with Gasteiger partial charge in [0.15, 0.2) is 0 Å². The number of likely N-dealkylation sites (tertiary alicyclic amines) is 1. The van der Waals surface area contributed by atoms with Crippen molar-refractivity contribution in [3.63, 3.8) is 0 Å². The number of carbonyl (C=O) groups is 1. The van der Waals surface area contributed by atoms with Gasteiger partial charge in [-0.3, -0.25) is 4.79 Å². The van der Waals surface area contributed by atoms with Gasteiger partial charge in [-0.05, 0) is 31.7 Å². The van der Waals surface area contributed by atoms with E-state index >= 15 is 0 Å². The van der Waals surface area contributed by atoms with Crippen LogP contribution >= 0.6 is 12.4 Å². The first-order chi connectivity index (χ1) is 9.74. The molecule has 1 amide bonds. The Hall–Kier alpha value is -1.04. The van der Waals surface area contributed by atoms with Crippen LogP contribution in [0.1, 0.15) is 48.7 Å². The van der Waals surface area contributed by atoms with Crippen LogP contribution in [0.5, 0.6) is 0 Å². The second-order valence-electron chi connectivity index (χ2n) is 5.22. The fourth-order valence-electron chi connectivity index (χ4n) is 2.50. The van der Waals surface area contributed by atoms with Gasteiger partial charge >= 0.3 is 0 Å². The van der Waals surface area contributed by atoms with Gasteiger partial charge in [0.1, 0.15) is 12.0 Å². The molecule has 0 radical (unpaired) electrons. The Balaban J connectivity index is 0.00000220. The predicted molar refractivity (Wildman–Crippen MR) is 83.6 cm³/mol. The van der Waals surface area contributed by atoms with Gasteiger partial charge in [0.25, 0.3) is 5.91 Å². The van der Waals surface area contributed by atoms with Gasteiger partial charge in [0, 0.05) is 19.7 Å². The summed E-state index contributed by atoms with van der Waals surface area (Å²) in [6.07, 6.45) is 5.76. The zero-order chi connectivity index (χ0) is 14.4. The predicted octanol–water partition coefficient (Wildman–Crippen LogP) is 2.58. The monoisotopic (exact) mass is 316 g/mol. The van der Waals surface area contributed by atoms with Crippen LogP contribution in [0, 0.1) is 0 Å². The highest BCUT2D eigenvalue weighted by Gasteiger charge is 2.22. The summed E-state index contributed by atoms with van der Waals surface area (Å²) in [6, 6.07) is 1.73. The molecule has 1 saturated heterocycles. The summed E-state index contributed by atoms with van der Waals surface area (Å²) in [4.78, 5) is 14.3. The standard InChI is InChI=1S/C15H24N2O3.ClH/c1-2-8-19-13-4-3-6-17(7-5-13)15(18)12-9-14(10-16)20-11-12;/h9,11,13H,2-8,10,16H2,1H3;1H. The summed E-state index contributed by atoms with van der Waals surface area (Å²) < 4.78 is 11.0. The SMILES string of the molecule is CCCOC1CCCN(C(=O)c2coc(CN)c2)CC1.Cl. The fraction of sp³-hybridized carbons (Fsp3) is 0.667. The zero-order valence-electron chi connectivity index (χ0n) is 12.5. The van der Waals surface area contributed by atoms with E-state index in [1.165, 1.54) is 6.26 Å². The molecule has 1 aromatic rings. The number of carbonyl (C=O) groups excluding carboxylic acids is 1. The highest BCUT2D eigenvalue weighted by Crippen LogP contribution is 2.17. The molecule has 1 aliphatic rings. The lowest BCUT2D eigenvalue weighted by molar-refractivity contribution is 0.0432. The Morgan fingerprint density at radius 3 is 2.95 bits per heavy atom. The first-order valence-corrected chi connectivity index (χ1v) is 7.43. The van der Waals surface area contributed by atoms with Crippen LogP contribution in [0.15, 0.2) is 16.7 Å². The molecule has 0 bridgehead atoms. The first-order valence-electron chi connectivity index (χ1n) is 7.43. The first kappa shape index (κ1) is 18.0. The van der Waals surface area contributed by atoms with Crippen molar-refractivity contribution in [2.24, 2.45) is 5.73 Å². The molecule has 0 aliphatic carbocycles. The average Bonchev–Trinajstić information content (AvgIpc) is 2.83. The van der Waals surface area contributed by atoms with E-state index in [2.05, 4.69) is 6.92 Å². The number of hydrogen-bond acceptors (Lipinski definition) is 4. The Morgan fingerprint density at radius 1 is 1.48 bits per heavy atom. The highest BCUT2D eigenvalue weighted by molar-refractivity contribution is 5.94. The minimum absolute atomic E-state index is 0. The molecule has 2 heterocycles. The van der Waals surface area contributed by atoms with E-state index in [1.54, 1.807) is 6.07 Å². The zero-order valence-corrected chi connectivity index (χ0v) is 13.4. The molecule has 1 aliphatic heterocycles. The van der Waals surface area contributed by atoms with Crippen molar-refractivity contribution in [3.05, 3.63) is 23.7 Å². The summed E-state index contributed by atoms with van der Waals surface area (Å²) in [6.45, 7) is 4.77. The Labute approximate surface area is 132 Å². The fourth-order valence-corrected chi connectivity index (χ4v) is 2.50. The van der Waals surface area contributed by atoms with Crippen molar-refractivity contribution in [2.75, 3.05) is 19.7 Å². The summed E-state index contributed by atoms with van der Waals surface area (Å²) in [5, 5.41) is 0. The number of nitrogens with zero attached hydrogens (tertiary/aromatic N) is 1. The van der Waals surface area contributed by atoms with Gasteiger partial charge in [0.2, 0.25) is 0 Å². The van der Waals surface area contributed by atoms with Gasteiger partial charge < -0.3 is 19.8 Å². The average molecular weight is 317 g/mol. The van der Waals surface area contributed by atoms with E-state index in [0.29, 0.717) is 17.9 Å². The van der Waals surface area contributed by atoms with Gasteiger partial charge in [-0.25, -0.2) is 0 Å². The summed E-state index contributed by atoms with van der Waals surface area (Å²) in [7, 11) is 0. The highest BCUT2D eigenvalue weighted by atomic mass is 35.5. The van der Waals surface area contributed by atoms with Crippen LogP contribution in [0.4, 0.5) is 0 Å². The number of furan rings is 1. The second-order valence-corrected chi connectivity index (χ2v) is 5.22. The lowest BCUT2D eigenvalue weighted by atomic mass is 10.1. The summed E-state index contributed by atoms with van der Waals surface area (Å²) >= 11 is 0. The summed E-state index contributed by atoms with van der Waals surface area (Å²) in [5.74, 6) is 0.678. The molecule has 1 atom stereocenters. The molecule has 2 N–H and O–H groups in total. The Bertz CT molecular complexity index is 436. The molecular weight excluding hydrogens is 292 g/mol. The molecule has 1 aromatic heterocycles. The summed E-state index contributed by atoms with van der Waals surface area (Å²) in [5.41, 5.74) is 6.09. The molecule has 6 heteroatoms. The van der Waals surface area contributed by atoms with Crippen LogP contribution in [-0.2, 0) is 11.3 Å². The number of rotatable bonds is 5. The number of halogens is 1. The Kier molecular flexibility index (Phi) is 7.78. The molecule has 5 nitrogen and oxygen atoms in total. The minimum Gasteiger partial charge on any atom is -0.467 e. The van der Waals surface area contributed by atoms with E-state index in [-0.39, 0.29) is 24.4 Å². The van der Waals surface area contributed by atoms with Gasteiger partial charge in [-0.15, -0.1) is 12.4 Å². The molecule has 21 heavy (non-hydrogen) atoms. The third kappa shape index (κ3) is 5.02. The number of hydrogen-bond donors (Lipinski definition) is 1. The van der Waals surface area contributed by atoms with Crippen molar-refractivity contribution >= 4 is 18.3 Å². The quantitative estimate of drug-likeness (QED) is 0.906. The number of nitrogens with two attached hydrogens (primary N) is 1. The lowest BCUT2D eigenvalue weighted by Gasteiger charge is -2.19. The Morgan fingerprint density at radius 2 is 2.29 bits per heavy atom. The topological polar surface area (TPSA) is 68.7 Å². The van der Waals surface area contributed by atoms with E-state index < -0.39 is 0 Å².